The average molecular weight is 504 g/mol. The summed E-state index contributed by atoms with van der Waals surface area (Å²) < 4.78 is 14.3. The quantitative estimate of drug-likeness (QED) is 0.126. The molecule has 36 heavy (non-hydrogen) atoms. The third-order valence-electron chi connectivity index (χ3n) is 6.01. The lowest BCUT2D eigenvalue weighted by molar-refractivity contribution is -0.384. The molecule has 4 aromatic rings. The molecule has 1 aliphatic heterocycles. The Hall–Kier alpha value is -4.44. The van der Waals surface area contributed by atoms with Gasteiger partial charge in [0.1, 0.15) is 11.6 Å². The van der Waals surface area contributed by atoms with E-state index < -0.39 is 34.2 Å². The van der Waals surface area contributed by atoms with Crippen LogP contribution in [0.5, 0.6) is 0 Å². The fourth-order valence-electron chi connectivity index (χ4n) is 4.20. The molecule has 1 fully saturated rings. The number of benzene rings is 3. The molecular weight excluding hydrogens is 485 g/mol. The predicted molar refractivity (Wildman–Crippen MR) is 133 cm³/mol. The Morgan fingerprint density at radius 2 is 1.89 bits per heavy atom. The minimum atomic E-state index is -1.18. The van der Waals surface area contributed by atoms with Crippen LogP contribution in [0.2, 0.25) is 0 Å². The van der Waals surface area contributed by atoms with Crippen molar-refractivity contribution in [3.63, 3.8) is 0 Å². The molecule has 1 N–H and O–H groups in total. The van der Waals surface area contributed by atoms with E-state index in [1.165, 1.54) is 47.7 Å². The van der Waals surface area contributed by atoms with E-state index in [1.54, 1.807) is 0 Å². The number of aromatic nitrogens is 1. The number of carbonyl (C=O) groups is 2. The molecule has 1 unspecified atom stereocenters. The van der Waals surface area contributed by atoms with Crippen LogP contribution in [0.15, 0.2) is 72.3 Å². The van der Waals surface area contributed by atoms with Gasteiger partial charge in [-0.3, -0.25) is 24.6 Å². The lowest BCUT2D eigenvalue weighted by Gasteiger charge is -2.22. The number of Topliss-reactive ketones (excluding diaryl/α,β-unsaturated/α-hetero) is 1. The summed E-state index contributed by atoms with van der Waals surface area (Å²) >= 11 is 1.20. The fraction of sp³-hybridized carbons (Fsp3) is 0.115. The number of aryl methyl sites for hydroxylation is 1. The number of non-ortho nitro benzene ring substituents is 1. The third kappa shape index (κ3) is 3.91. The van der Waals surface area contributed by atoms with E-state index in [0.29, 0.717) is 5.52 Å². The van der Waals surface area contributed by atoms with Gasteiger partial charge in [0.25, 0.3) is 11.5 Å². The zero-order valence-corrected chi connectivity index (χ0v) is 19.7. The molecule has 1 atom stereocenters. The van der Waals surface area contributed by atoms with Gasteiger partial charge in [-0.2, -0.15) is 0 Å². The van der Waals surface area contributed by atoms with Crippen molar-refractivity contribution in [3.8, 4) is 0 Å². The minimum Gasteiger partial charge on any atom is -0.507 e. The smallest absolute Gasteiger partial charge is 0.301 e. The number of thiazole rings is 1. The molecule has 1 aromatic heterocycles. The number of aliphatic hydroxyl groups is 1. The number of carbonyl (C=O) groups excluding carboxylic acids is 2. The van der Waals surface area contributed by atoms with Crippen LogP contribution >= 0.6 is 11.3 Å². The maximum absolute atomic E-state index is 13.5. The van der Waals surface area contributed by atoms with Gasteiger partial charge in [0.15, 0.2) is 5.13 Å². The first-order valence-corrected chi connectivity index (χ1v) is 11.8. The van der Waals surface area contributed by atoms with Crippen molar-refractivity contribution >= 4 is 49.8 Å². The van der Waals surface area contributed by atoms with Gasteiger partial charge in [0, 0.05) is 17.7 Å². The molecular formula is C26H18FN3O5S. The van der Waals surface area contributed by atoms with Crippen LogP contribution in [0.4, 0.5) is 15.2 Å². The number of hydrogen-bond acceptors (Lipinski definition) is 7. The number of rotatable bonds is 5. The zero-order chi connectivity index (χ0) is 25.6. The number of halogens is 1. The number of ketones is 1. The van der Waals surface area contributed by atoms with E-state index in [1.807, 2.05) is 25.1 Å². The summed E-state index contributed by atoms with van der Waals surface area (Å²) in [5.41, 5.74) is 1.58. The van der Waals surface area contributed by atoms with Crippen LogP contribution in [0.3, 0.4) is 0 Å². The molecule has 1 aliphatic rings. The van der Waals surface area contributed by atoms with E-state index in [2.05, 4.69) is 4.98 Å². The summed E-state index contributed by atoms with van der Waals surface area (Å²) in [6.07, 6.45) is 0.805. The molecule has 8 nitrogen and oxygen atoms in total. The SMILES string of the molecule is CCc1ccc2nc(N3C(=O)C(=O)/C(=C(/O)c4ccc(F)cc4)C3c3cccc([N+](=O)[O-])c3)sc2c1. The van der Waals surface area contributed by atoms with Crippen molar-refractivity contribution in [1.29, 1.82) is 0 Å². The topological polar surface area (TPSA) is 114 Å². The van der Waals surface area contributed by atoms with E-state index in [9.17, 15) is 29.2 Å². The van der Waals surface area contributed by atoms with Gasteiger partial charge in [-0.15, -0.1) is 0 Å². The number of aliphatic hydroxyl groups excluding tert-OH is 1. The van der Waals surface area contributed by atoms with E-state index >= 15 is 0 Å². The third-order valence-corrected chi connectivity index (χ3v) is 7.03. The highest BCUT2D eigenvalue weighted by Gasteiger charge is 2.48. The van der Waals surface area contributed by atoms with Crippen LogP contribution < -0.4 is 4.90 Å². The van der Waals surface area contributed by atoms with Crippen molar-refractivity contribution in [2.45, 2.75) is 19.4 Å². The summed E-state index contributed by atoms with van der Waals surface area (Å²) in [7, 11) is 0. The van der Waals surface area contributed by atoms with E-state index in [4.69, 9.17) is 0 Å². The van der Waals surface area contributed by atoms with E-state index in [0.717, 1.165) is 33.7 Å². The first-order valence-electron chi connectivity index (χ1n) is 11.0. The minimum absolute atomic E-state index is 0.127. The Morgan fingerprint density at radius 1 is 1.14 bits per heavy atom. The molecule has 180 valence electrons. The lowest BCUT2D eigenvalue weighted by Crippen LogP contribution is -2.29. The molecule has 0 radical (unpaired) electrons. The molecule has 1 saturated heterocycles. The summed E-state index contributed by atoms with van der Waals surface area (Å²) in [6.45, 7) is 2.01. The summed E-state index contributed by atoms with van der Waals surface area (Å²) in [4.78, 5) is 43.1. The first kappa shape index (κ1) is 23.3. The fourth-order valence-corrected chi connectivity index (χ4v) is 5.25. The number of hydrogen-bond donors (Lipinski definition) is 1. The highest BCUT2D eigenvalue weighted by atomic mass is 32.1. The second-order valence-corrected chi connectivity index (χ2v) is 9.19. The molecule has 0 spiro atoms. The highest BCUT2D eigenvalue weighted by molar-refractivity contribution is 7.22. The molecule has 0 bridgehead atoms. The van der Waals surface area contributed by atoms with Crippen LogP contribution in [0.1, 0.15) is 29.7 Å². The first-order chi connectivity index (χ1) is 17.3. The second-order valence-electron chi connectivity index (χ2n) is 8.18. The Balaban J connectivity index is 1.74. The Labute approximate surface area is 208 Å². The summed E-state index contributed by atoms with van der Waals surface area (Å²) in [5, 5.41) is 22.8. The maximum Gasteiger partial charge on any atom is 0.301 e. The summed E-state index contributed by atoms with van der Waals surface area (Å²) in [6, 6.07) is 14.9. The van der Waals surface area contributed by atoms with Gasteiger partial charge in [0.2, 0.25) is 0 Å². The Bertz CT molecular complexity index is 1580. The van der Waals surface area contributed by atoms with Crippen molar-refractivity contribution in [2.75, 3.05) is 4.90 Å². The van der Waals surface area contributed by atoms with Crippen molar-refractivity contribution in [1.82, 2.24) is 4.98 Å². The molecule has 1 amide bonds. The van der Waals surface area contributed by atoms with Gasteiger partial charge in [-0.1, -0.05) is 36.5 Å². The van der Waals surface area contributed by atoms with Crippen molar-refractivity contribution in [2.24, 2.45) is 0 Å². The Kier molecular flexibility index (Phi) is 5.81. The molecule has 0 aliphatic carbocycles. The average Bonchev–Trinajstić information content (AvgIpc) is 3.41. The van der Waals surface area contributed by atoms with Crippen molar-refractivity contribution in [3.05, 3.63) is 105 Å². The zero-order valence-electron chi connectivity index (χ0n) is 18.8. The van der Waals surface area contributed by atoms with Gasteiger partial charge in [-0.05, 0) is 53.9 Å². The number of nitrogens with zero attached hydrogens (tertiary/aromatic N) is 3. The molecule has 0 saturated carbocycles. The monoisotopic (exact) mass is 503 g/mol. The maximum atomic E-state index is 13.5. The number of nitro benzene ring substituents is 1. The normalized spacial score (nSPS) is 17.2. The number of anilines is 1. The van der Waals surface area contributed by atoms with Crippen LogP contribution in [0.25, 0.3) is 16.0 Å². The summed E-state index contributed by atoms with van der Waals surface area (Å²) in [5.74, 6) is -2.95. The second kappa shape index (κ2) is 8.97. The molecule has 5 rings (SSSR count). The van der Waals surface area contributed by atoms with Gasteiger partial charge < -0.3 is 5.11 Å². The highest BCUT2D eigenvalue weighted by Crippen LogP contribution is 2.44. The van der Waals surface area contributed by atoms with Gasteiger partial charge in [0.05, 0.1) is 26.8 Å². The van der Waals surface area contributed by atoms with Crippen LogP contribution in [-0.2, 0) is 16.0 Å². The largest absolute Gasteiger partial charge is 0.507 e. The number of amides is 1. The lowest BCUT2D eigenvalue weighted by atomic mass is 9.95. The van der Waals surface area contributed by atoms with Crippen molar-refractivity contribution < 1.29 is 24.0 Å². The van der Waals surface area contributed by atoms with E-state index in [-0.39, 0.29) is 27.5 Å². The molecule has 2 heterocycles. The van der Waals surface area contributed by atoms with Gasteiger partial charge >= 0.3 is 5.91 Å². The Morgan fingerprint density at radius 3 is 2.58 bits per heavy atom. The predicted octanol–water partition coefficient (Wildman–Crippen LogP) is 5.53. The number of fused-ring (bicyclic) bond motifs is 1. The standard InChI is InChI=1S/C26H18FN3O5S/c1-2-14-6-11-19-20(12-14)36-26(28-19)29-22(16-4-3-5-18(13-16)30(34)35)21(24(32)25(29)33)23(31)15-7-9-17(27)10-8-15/h3-13,22,31H,2H2,1H3/b23-21+. The van der Waals surface area contributed by atoms with Crippen LogP contribution in [0, 0.1) is 15.9 Å². The number of nitro groups is 1. The molecule has 10 heteroatoms. The van der Waals surface area contributed by atoms with Crippen LogP contribution in [-0.4, -0.2) is 26.7 Å². The van der Waals surface area contributed by atoms with Gasteiger partial charge in [-0.25, -0.2) is 9.37 Å². The molecule has 3 aromatic carbocycles.